The lowest BCUT2D eigenvalue weighted by molar-refractivity contribution is 0.174. The molecule has 0 spiro atoms. The van der Waals surface area contributed by atoms with Gasteiger partial charge in [-0.15, -0.1) is 0 Å². The van der Waals surface area contributed by atoms with Crippen molar-refractivity contribution in [1.82, 2.24) is 14.9 Å². The van der Waals surface area contributed by atoms with E-state index in [1.807, 2.05) is 23.1 Å². The summed E-state index contributed by atoms with van der Waals surface area (Å²) >= 11 is 5.80. The van der Waals surface area contributed by atoms with Crippen LogP contribution in [0, 0.1) is 0 Å². The second-order valence-electron chi connectivity index (χ2n) is 6.06. The monoisotopic (exact) mass is 408 g/mol. The molecule has 0 aliphatic carbocycles. The van der Waals surface area contributed by atoms with Crippen LogP contribution in [0.15, 0.2) is 52.4 Å². The van der Waals surface area contributed by atoms with Crippen molar-refractivity contribution in [2.75, 3.05) is 20.1 Å². The van der Waals surface area contributed by atoms with Crippen molar-refractivity contribution in [2.45, 2.75) is 11.4 Å². The summed E-state index contributed by atoms with van der Waals surface area (Å²) in [5.74, 6) is 1.69. The van der Waals surface area contributed by atoms with Crippen molar-refractivity contribution in [3.8, 4) is 11.5 Å². The maximum atomic E-state index is 12.4. The van der Waals surface area contributed by atoms with Crippen LogP contribution in [0.3, 0.4) is 0 Å². The third-order valence-electron chi connectivity index (χ3n) is 4.10. The number of benzene rings is 2. The molecule has 8 nitrogen and oxygen atoms in total. The Morgan fingerprint density at radius 3 is 2.67 bits per heavy atom. The van der Waals surface area contributed by atoms with Crippen molar-refractivity contribution in [3.63, 3.8) is 0 Å². The molecule has 10 heteroatoms. The van der Waals surface area contributed by atoms with E-state index < -0.39 is 10.0 Å². The lowest BCUT2D eigenvalue weighted by atomic mass is 10.2. The summed E-state index contributed by atoms with van der Waals surface area (Å²) in [5.41, 5.74) is 1.06. The number of rotatable bonds is 4. The van der Waals surface area contributed by atoms with Crippen molar-refractivity contribution in [1.29, 1.82) is 0 Å². The Morgan fingerprint density at radius 2 is 1.93 bits per heavy atom. The van der Waals surface area contributed by atoms with E-state index in [9.17, 15) is 8.42 Å². The highest BCUT2D eigenvalue weighted by Crippen LogP contribution is 2.32. The van der Waals surface area contributed by atoms with Crippen LogP contribution in [0.5, 0.6) is 11.5 Å². The molecule has 0 amide bonds. The molecule has 2 aliphatic rings. The summed E-state index contributed by atoms with van der Waals surface area (Å²) in [6, 6.07) is 11.7. The Balaban J connectivity index is 1.37. The van der Waals surface area contributed by atoms with Crippen molar-refractivity contribution >= 4 is 27.6 Å². The highest BCUT2D eigenvalue weighted by atomic mass is 35.5. The summed E-state index contributed by atoms with van der Waals surface area (Å²) < 4.78 is 37.9. The molecule has 2 aromatic carbocycles. The third-order valence-corrected chi connectivity index (χ3v) is 5.70. The SMILES string of the molecule is O=S(=O)(NC1=NCN(Cc2ccc3c(c2)OCO3)CN1)c1ccc(Cl)cc1. The normalized spacial score (nSPS) is 16.6. The largest absolute Gasteiger partial charge is 0.454 e. The second kappa shape index (κ2) is 7.26. The summed E-state index contributed by atoms with van der Waals surface area (Å²) in [7, 11) is -3.71. The van der Waals surface area contributed by atoms with Gasteiger partial charge < -0.3 is 14.8 Å². The molecule has 2 heterocycles. The first-order valence-electron chi connectivity index (χ1n) is 8.17. The fraction of sp³-hybridized carbons (Fsp3) is 0.235. The number of nitrogens with zero attached hydrogens (tertiary/aromatic N) is 2. The van der Waals surface area contributed by atoms with Crippen LogP contribution in [0.2, 0.25) is 5.02 Å². The molecule has 27 heavy (non-hydrogen) atoms. The number of sulfonamides is 1. The van der Waals surface area contributed by atoms with E-state index in [1.165, 1.54) is 24.3 Å². The predicted molar refractivity (Wildman–Crippen MR) is 100 cm³/mol. The van der Waals surface area contributed by atoms with Gasteiger partial charge in [0.25, 0.3) is 10.0 Å². The number of hydrogen-bond donors (Lipinski definition) is 2. The zero-order chi connectivity index (χ0) is 18.9. The topological polar surface area (TPSA) is 92.3 Å². The Hall–Kier alpha value is -2.49. The molecule has 0 bridgehead atoms. The molecular weight excluding hydrogens is 392 g/mol. The van der Waals surface area contributed by atoms with Gasteiger partial charge in [0.15, 0.2) is 11.5 Å². The molecule has 0 aromatic heterocycles. The fourth-order valence-corrected chi connectivity index (χ4v) is 3.86. The highest BCUT2D eigenvalue weighted by Gasteiger charge is 2.20. The molecule has 0 radical (unpaired) electrons. The molecule has 0 unspecified atom stereocenters. The summed E-state index contributed by atoms with van der Waals surface area (Å²) in [6.45, 7) is 1.70. The molecular formula is C17H17ClN4O4S. The van der Waals surface area contributed by atoms with E-state index in [4.69, 9.17) is 21.1 Å². The van der Waals surface area contributed by atoms with Crippen LogP contribution in [0.1, 0.15) is 5.56 Å². The minimum atomic E-state index is -3.71. The molecule has 2 N–H and O–H groups in total. The van der Waals surface area contributed by atoms with Crippen molar-refractivity contribution < 1.29 is 17.9 Å². The van der Waals surface area contributed by atoms with Gasteiger partial charge in [0.2, 0.25) is 12.8 Å². The number of hydrogen-bond acceptors (Lipinski definition) is 7. The molecule has 2 aliphatic heterocycles. The van der Waals surface area contributed by atoms with E-state index in [0.29, 0.717) is 24.9 Å². The van der Waals surface area contributed by atoms with Gasteiger partial charge in [0.05, 0.1) is 18.2 Å². The number of nitrogens with one attached hydrogen (secondary N) is 2. The first-order chi connectivity index (χ1) is 13.0. The second-order valence-corrected chi connectivity index (χ2v) is 8.18. The quantitative estimate of drug-likeness (QED) is 0.800. The highest BCUT2D eigenvalue weighted by molar-refractivity contribution is 7.90. The van der Waals surface area contributed by atoms with Gasteiger partial charge in [-0.05, 0) is 42.0 Å². The van der Waals surface area contributed by atoms with E-state index in [1.54, 1.807) is 0 Å². The first-order valence-corrected chi connectivity index (χ1v) is 10.0. The van der Waals surface area contributed by atoms with Gasteiger partial charge in [-0.25, -0.2) is 18.1 Å². The van der Waals surface area contributed by atoms with E-state index >= 15 is 0 Å². The molecule has 0 saturated heterocycles. The maximum Gasteiger partial charge on any atom is 0.264 e. The predicted octanol–water partition coefficient (Wildman–Crippen LogP) is 1.72. The molecule has 2 aromatic rings. The van der Waals surface area contributed by atoms with Gasteiger partial charge in [-0.2, -0.15) is 0 Å². The smallest absolute Gasteiger partial charge is 0.264 e. The average Bonchev–Trinajstić information content (AvgIpc) is 3.11. The minimum Gasteiger partial charge on any atom is -0.454 e. The number of ether oxygens (including phenoxy) is 2. The van der Waals surface area contributed by atoms with Gasteiger partial charge in [0.1, 0.15) is 0 Å². The Morgan fingerprint density at radius 1 is 1.15 bits per heavy atom. The Bertz CT molecular complexity index is 979. The standard InChI is InChI=1S/C17H17ClN4O4S/c18-13-2-4-14(5-3-13)27(23,24)21-17-19-9-22(10-20-17)8-12-1-6-15-16(7-12)26-11-25-15/h1-7H,8-11H2,(H2,19,20,21). The van der Waals surface area contributed by atoms with Crippen LogP contribution in [-0.2, 0) is 16.6 Å². The van der Waals surface area contributed by atoms with Gasteiger partial charge >= 0.3 is 0 Å². The number of aliphatic imine (C=N–C) groups is 1. The Kier molecular flexibility index (Phi) is 4.81. The number of guanidine groups is 1. The molecule has 4 rings (SSSR count). The molecule has 0 fully saturated rings. The number of halogens is 1. The Labute approximate surface area is 161 Å². The summed E-state index contributed by atoms with van der Waals surface area (Å²) in [6.07, 6.45) is 0. The van der Waals surface area contributed by atoms with Gasteiger partial charge in [-0.1, -0.05) is 17.7 Å². The van der Waals surface area contributed by atoms with Crippen LogP contribution in [0.25, 0.3) is 0 Å². The van der Waals surface area contributed by atoms with Crippen molar-refractivity contribution in [3.05, 3.63) is 53.1 Å². The van der Waals surface area contributed by atoms with E-state index in [0.717, 1.165) is 17.1 Å². The average molecular weight is 409 g/mol. The van der Waals surface area contributed by atoms with Crippen LogP contribution >= 0.6 is 11.6 Å². The molecule has 0 atom stereocenters. The summed E-state index contributed by atoms with van der Waals surface area (Å²) in [5, 5.41) is 3.46. The van der Waals surface area contributed by atoms with Crippen LogP contribution in [-0.4, -0.2) is 39.4 Å². The lowest BCUT2D eigenvalue weighted by Crippen LogP contribution is -2.49. The lowest BCUT2D eigenvalue weighted by Gasteiger charge is -2.27. The zero-order valence-electron chi connectivity index (χ0n) is 14.2. The fourth-order valence-electron chi connectivity index (χ4n) is 2.74. The minimum absolute atomic E-state index is 0.124. The maximum absolute atomic E-state index is 12.4. The van der Waals surface area contributed by atoms with Crippen LogP contribution in [0.4, 0.5) is 0 Å². The number of fused-ring (bicyclic) bond motifs is 1. The van der Waals surface area contributed by atoms with Gasteiger partial charge in [0, 0.05) is 11.6 Å². The molecule has 0 saturated carbocycles. The summed E-state index contributed by atoms with van der Waals surface area (Å²) in [4.78, 5) is 6.42. The first kappa shape index (κ1) is 17.9. The van der Waals surface area contributed by atoms with Gasteiger partial charge in [-0.3, -0.25) is 4.90 Å². The van der Waals surface area contributed by atoms with E-state index in [-0.39, 0.29) is 17.6 Å². The van der Waals surface area contributed by atoms with Crippen molar-refractivity contribution in [2.24, 2.45) is 4.99 Å². The zero-order valence-corrected chi connectivity index (χ0v) is 15.8. The molecule has 142 valence electrons. The van der Waals surface area contributed by atoms with E-state index in [2.05, 4.69) is 15.0 Å². The van der Waals surface area contributed by atoms with Crippen LogP contribution < -0.4 is 19.5 Å². The third kappa shape index (κ3) is 4.10.